The zero-order valence-corrected chi connectivity index (χ0v) is 23.0. The average Bonchev–Trinajstić information content (AvgIpc) is 3.00. The molecule has 0 N–H and O–H groups in total. The van der Waals surface area contributed by atoms with Crippen LogP contribution in [0, 0.1) is 26.2 Å². The maximum atomic E-state index is 11.4. The Bertz CT molecular complexity index is 1530. The van der Waals surface area contributed by atoms with Crippen molar-refractivity contribution in [3.8, 4) is 0 Å². The fourth-order valence-corrected chi connectivity index (χ4v) is 4.72. The SMILES string of the molecule is C=CC(C(ON=C=O)c1ccc(C)cc1)(C(ON=C=O)c1ccc(C)cc1)C(ON=C=O)c1ccc(C)c(N=C=O)c1. The standard InChI is InChI=1S/C31H26N4O7/c1-5-31(28(40-33-18-37)24-11-6-21(2)7-12-24,29(41-34-19-38)25-13-8-22(3)9-14-25)30(42-35-20-39)26-15-10-23(4)27(16-26)32-17-36/h5-16,28-30H,1H2,2-4H3. The first kappa shape index (κ1) is 30.9. The van der Waals surface area contributed by atoms with Crippen molar-refractivity contribution < 1.29 is 33.7 Å². The van der Waals surface area contributed by atoms with Crippen LogP contribution in [-0.4, -0.2) is 24.3 Å². The molecule has 0 bridgehead atoms. The minimum Gasteiger partial charge on any atom is -0.377 e. The smallest absolute Gasteiger partial charge is 0.276 e. The van der Waals surface area contributed by atoms with Gasteiger partial charge >= 0.3 is 0 Å². The van der Waals surface area contributed by atoms with Crippen LogP contribution in [0.4, 0.5) is 5.69 Å². The number of aliphatic imine (C=N–C) groups is 1. The van der Waals surface area contributed by atoms with E-state index in [0.29, 0.717) is 22.3 Å². The van der Waals surface area contributed by atoms with Crippen LogP contribution in [-0.2, 0) is 33.7 Å². The van der Waals surface area contributed by atoms with Crippen molar-refractivity contribution in [1.29, 1.82) is 0 Å². The van der Waals surface area contributed by atoms with E-state index in [2.05, 4.69) is 27.0 Å². The second-order valence-electron chi connectivity index (χ2n) is 9.28. The molecule has 11 heteroatoms. The molecule has 0 amide bonds. The second-order valence-corrected chi connectivity index (χ2v) is 9.28. The van der Waals surface area contributed by atoms with Crippen molar-refractivity contribution in [3.63, 3.8) is 0 Å². The molecule has 3 unspecified atom stereocenters. The van der Waals surface area contributed by atoms with Crippen LogP contribution in [0.25, 0.3) is 0 Å². The van der Waals surface area contributed by atoms with Crippen LogP contribution in [0.3, 0.4) is 0 Å². The van der Waals surface area contributed by atoms with Crippen molar-refractivity contribution in [1.82, 2.24) is 0 Å². The van der Waals surface area contributed by atoms with Crippen LogP contribution in [0.2, 0.25) is 0 Å². The molecule has 0 saturated carbocycles. The molecule has 11 nitrogen and oxygen atoms in total. The summed E-state index contributed by atoms with van der Waals surface area (Å²) in [5.74, 6) is 0. The number of aryl methyl sites for hydroxylation is 3. The summed E-state index contributed by atoms with van der Waals surface area (Å²) in [6.45, 7) is 9.56. The van der Waals surface area contributed by atoms with Gasteiger partial charge in [0.25, 0.3) is 18.2 Å². The van der Waals surface area contributed by atoms with Gasteiger partial charge in [-0.15, -0.1) is 6.58 Å². The number of nitrogens with zero attached hydrogens (tertiary/aromatic N) is 4. The quantitative estimate of drug-likeness (QED) is 0.0995. The Labute approximate surface area is 241 Å². The molecule has 0 saturated heterocycles. The lowest BCUT2D eigenvalue weighted by Gasteiger charge is -2.44. The van der Waals surface area contributed by atoms with E-state index in [9.17, 15) is 19.2 Å². The highest BCUT2D eigenvalue weighted by molar-refractivity contribution is 5.55. The largest absolute Gasteiger partial charge is 0.377 e. The number of rotatable bonds is 14. The van der Waals surface area contributed by atoms with Gasteiger partial charge in [0.1, 0.15) is 5.41 Å². The van der Waals surface area contributed by atoms with Crippen molar-refractivity contribution in [3.05, 3.63) is 113 Å². The van der Waals surface area contributed by atoms with Crippen LogP contribution in [0.5, 0.6) is 0 Å². The lowest BCUT2D eigenvalue weighted by molar-refractivity contribution is -0.174. The first-order valence-electron chi connectivity index (χ1n) is 12.5. The number of hydrogen-bond donors (Lipinski definition) is 0. The van der Waals surface area contributed by atoms with Crippen molar-refractivity contribution >= 4 is 30.0 Å². The van der Waals surface area contributed by atoms with E-state index in [-0.39, 0.29) is 5.69 Å². The molecule has 3 aromatic carbocycles. The lowest BCUT2D eigenvalue weighted by atomic mass is 9.66. The highest BCUT2D eigenvalue weighted by Crippen LogP contribution is 2.58. The van der Waals surface area contributed by atoms with Gasteiger partial charge in [0, 0.05) is 15.5 Å². The normalized spacial score (nSPS) is 13.6. The average molecular weight is 567 g/mol. The first-order valence-corrected chi connectivity index (χ1v) is 12.5. The zero-order chi connectivity index (χ0) is 30.5. The van der Waals surface area contributed by atoms with E-state index >= 15 is 0 Å². The maximum absolute atomic E-state index is 11.4. The molecule has 0 spiro atoms. The number of isocyanates is 4. The molecule has 0 fully saturated rings. The highest BCUT2D eigenvalue weighted by Gasteiger charge is 2.57. The summed E-state index contributed by atoms with van der Waals surface area (Å²) in [6, 6.07) is 19.0. The Kier molecular flexibility index (Phi) is 10.8. The van der Waals surface area contributed by atoms with Crippen LogP contribution in [0.15, 0.2) is 99.8 Å². The number of carbonyl (C=O) groups excluding carboxylic acids is 4. The van der Waals surface area contributed by atoms with E-state index in [0.717, 1.165) is 11.1 Å². The summed E-state index contributed by atoms with van der Waals surface area (Å²) in [6.07, 6.45) is 3.13. The predicted octanol–water partition coefficient (Wildman–Crippen LogP) is 6.08. The zero-order valence-electron chi connectivity index (χ0n) is 23.0. The molecule has 0 aliphatic carbocycles. The van der Waals surface area contributed by atoms with Gasteiger partial charge in [0.15, 0.2) is 18.3 Å². The Morgan fingerprint density at radius 2 is 1.05 bits per heavy atom. The Morgan fingerprint density at radius 3 is 1.43 bits per heavy atom. The third-order valence-electron chi connectivity index (χ3n) is 6.76. The van der Waals surface area contributed by atoms with E-state index in [4.69, 9.17) is 14.5 Å². The minimum absolute atomic E-state index is 0.251. The van der Waals surface area contributed by atoms with Gasteiger partial charge in [0.05, 0.1) is 5.69 Å². The third kappa shape index (κ3) is 6.72. The summed E-state index contributed by atoms with van der Waals surface area (Å²) >= 11 is 0. The van der Waals surface area contributed by atoms with E-state index in [1.807, 2.05) is 13.8 Å². The van der Waals surface area contributed by atoms with E-state index in [1.165, 1.54) is 36.5 Å². The fraction of sp³-hybridized carbons (Fsp3) is 0.226. The van der Waals surface area contributed by atoms with Gasteiger partial charge < -0.3 is 14.5 Å². The maximum Gasteiger partial charge on any atom is 0.276 e. The molecule has 3 rings (SSSR count). The van der Waals surface area contributed by atoms with Crippen molar-refractivity contribution in [2.75, 3.05) is 0 Å². The molecule has 42 heavy (non-hydrogen) atoms. The Hall–Kier alpha value is -5.68. The Balaban J connectivity index is 2.53. The molecule has 3 atom stereocenters. The lowest BCUT2D eigenvalue weighted by Crippen LogP contribution is -2.41. The van der Waals surface area contributed by atoms with Gasteiger partial charge in [-0.1, -0.05) is 77.9 Å². The second kappa shape index (κ2) is 14.6. The molecule has 212 valence electrons. The number of hydrogen-bond acceptors (Lipinski definition) is 11. The van der Waals surface area contributed by atoms with Gasteiger partial charge in [-0.2, -0.15) is 4.99 Å². The predicted molar refractivity (Wildman–Crippen MR) is 150 cm³/mol. The van der Waals surface area contributed by atoms with E-state index in [1.54, 1.807) is 67.6 Å². The summed E-state index contributed by atoms with van der Waals surface area (Å²) in [4.78, 5) is 66.3. The molecule has 0 aromatic heterocycles. The van der Waals surface area contributed by atoms with Crippen LogP contribution in [0.1, 0.15) is 51.7 Å². The molecule has 3 aromatic rings. The third-order valence-corrected chi connectivity index (χ3v) is 6.76. The molecule has 0 aliphatic heterocycles. The molecule has 0 heterocycles. The van der Waals surface area contributed by atoms with Gasteiger partial charge in [-0.3, -0.25) is 0 Å². The molecular formula is C31H26N4O7. The fourth-order valence-electron chi connectivity index (χ4n) is 4.72. The summed E-state index contributed by atoms with van der Waals surface area (Å²) in [5.41, 5.74) is 2.26. The monoisotopic (exact) mass is 566 g/mol. The summed E-state index contributed by atoms with van der Waals surface area (Å²) in [5, 5.41) is 10.3. The van der Waals surface area contributed by atoms with E-state index < -0.39 is 23.7 Å². The molecule has 0 radical (unpaired) electrons. The molecular weight excluding hydrogens is 540 g/mol. The number of benzene rings is 3. The van der Waals surface area contributed by atoms with Crippen molar-refractivity contribution in [2.45, 2.75) is 39.1 Å². The molecule has 0 aliphatic rings. The highest BCUT2D eigenvalue weighted by atomic mass is 16.7. The first-order chi connectivity index (χ1) is 20.4. The van der Waals surface area contributed by atoms with Crippen LogP contribution >= 0.6 is 0 Å². The topological polar surface area (TPSA) is 145 Å². The van der Waals surface area contributed by atoms with Gasteiger partial charge in [-0.05, 0) is 49.1 Å². The van der Waals surface area contributed by atoms with Gasteiger partial charge in [-0.25, -0.2) is 19.2 Å². The van der Waals surface area contributed by atoms with Crippen molar-refractivity contribution in [2.24, 2.45) is 25.9 Å². The minimum atomic E-state index is -1.73. The van der Waals surface area contributed by atoms with Gasteiger partial charge in [0.2, 0.25) is 6.08 Å². The summed E-state index contributed by atoms with van der Waals surface area (Å²) < 4.78 is 0. The Morgan fingerprint density at radius 1 is 0.643 bits per heavy atom. The summed E-state index contributed by atoms with van der Waals surface area (Å²) in [7, 11) is 0. The van der Waals surface area contributed by atoms with Crippen LogP contribution < -0.4 is 0 Å².